The molecule has 47 heavy (non-hydrogen) atoms. The van der Waals surface area contributed by atoms with Crippen LogP contribution in [-0.2, 0) is 0 Å². The summed E-state index contributed by atoms with van der Waals surface area (Å²) in [5, 5.41) is 9.88. The minimum atomic E-state index is 0.898. The van der Waals surface area contributed by atoms with Crippen LogP contribution in [0.15, 0.2) is 170 Å². The number of benzene rings is 9. The van der Waals surface area contributed by atoms with E-state index < -0.39 is 0 Å². The Kier molecular flexibility index (Phi) is 5.64. The van der Waals surface area contributed by atoms with Crippen molar-refractivity contribution < 1.29 is 4.74 Å². The van der Waals surface area contributed by atoms with E-state index in [1.54, 1.807) is 0 Å². The molecule has 0 N–H and O–H groups in total. The smallest absolute Gasteiger partial charge is 0.135 e. The molecule has 0 atom stereocenters. The zero-order valence-electron chi connectivity index (χ0n) is 25.6. The lowest BCUT2D eigenvalue weighted by molar-refractivity contribution is 0.487. The summed E-state index contributed by atoms with van der Waals surface area (Å²) in [5.41, 5.74) is 9.80. The summed E-state index contributed by atoms with van der Waals surface area (Å²) in [6.45, 7) is 0. The van der Waals surface area contributed by atoms with Crippen LogP contribution in [0.3, 0.4) is 0 Å². The van der Waals surface area contributed by atoms with Gasteiger partial charge in [0, 0.05) is 10.9 Å². The standard InChI is InChI=1S/C46H28O/c1-2-12-29(13-3-1)32-20-10-22-34-33(32)21-11-24-35(34)46-38-18-6-4-16-36(38)44(37-17-5-7-19-39(37)46)31-26-27-42-41(28-31)40-23-8-14-30-15-9-25-43(47-42)45(30)40/h1-28H. The van der Waals surface area contributed by atoms with Crippen molar-refractivity contribution in [1.29, 1.82) is 0 Å². The summed E-state index contributed by atoms with van der Waals surface area (Å²) in [6.07, 6.45) is 0. The molecule has 0 aliphatic carbocycles. The van der Waals surface area contributed by atoms with Crippen LogP contribution < -0.4 is 4.74 Å². The molecular formula is C46H28O. The lowest BCUT2D eigenvalue weighted by Crippen LogP contribution is -1.98. The van der Waals surface area contributed by atoms with Crippen molar-refractivity contribution in [3.8, 4) is 56.0 Å². The van der Waals surface area contributed by atoms with Crippen LogP contribution in [0.5, 0.6) is 11.5 Å². The summed E-state index contributed by atoms with van der Waals surface area (Å²) in [7, 11) is 0. The second kappa shape index (κ2) is 10.2. The van der Waals surface area contributed by atoms with E-state index in [1.807, 2.05) is 0 Å². The molecule has 10 rings (SSSR count). The Balaban J connectivity index is 1.26. The van der Waals surface area contributed by atoms with Crippen molar-refractivity contribution in [3.63, 3.8) is 0 Å². The van der Waals surface area contributed by atoms with Crippen LogP contribution in [0.25, 0.3) is 87.6 Å². The minimum Gasteiger partial charge on any atom is -0.456 e. The van der Waals surface area contributed by atoms with E-state index in [9.17, 15) is 0 Å². The molecule has 0 bridgehead atoms. The highest BCUT2D eigenvalue weighted by Crippen LogP contribution is 2.50. The van der Waals surface area contributed by atoms with Gasteiger partial charge in [-0.1, -0.05) is 152 Å². The van der Waals surface area contributed by atoms with Gasteiger partial charge in [-0.25, -0.2) is 0 Å². The Bertz CT molecular complexity index is 2640. The first kappa shape index (κ1) is 26.1. The minimum absolute atomic E-state index is 0.898. The first-order chi connectivity index (χ1) is 23.3. The van der Waals surface area contributed by atoms with E-state index in [-0.39, 0.29) is 0 Å². The van der Waals surface area contributed by atoms with Crippen LogP contribution in [0.4, 0.5) is 0 Å². The molecule has 0 unspecified atom stereocenters. The SMILES string of the molecule is c1ccc(-c2cccc3c(-c4c5ccccc5c(-c5ccc6c(c5)-c5cccc7cccc(c57)O6)c5ccccc45)cccc23)cc1. The van der Waals surface area contributed by atoms with E-state index in [2.05, 4.69) is 170 Å². The van der Waals surface area contributed by atoms with Gasteiger partial charge in [0.25, 0.3) is 0 Å². The monoisotopic (exact) mass is 596 g/mol. The van der Waals surface area contributed by atoms with E-state index >= 15 is 0 Å². The lowest BCUT2D eigenvalue weighted by Gasteiger charge is -2.23. The van der Waals surface area contributed by atoms with Gasteiger partial charge in [-0.15, -0.1) is 0 Å². The van der Waals surface area contributed by atoms with Gasteiger partial charge in [0.05, 0.1) is 0 Å². The predicted octanol–water partition coefficient (Wildman–Crippen LogP) is 13.1. The first-order valence-electron chi connectivity index (χ1n) is 16.2. The Morgan fingerprint density at radius 3 is 1.57 bits per heavy atom. The third-order valence-corrected chi connectivity index (χ3v) is 9.85. The fourth-order valence-electron chi connectivity index (χ4n) is 7.85. The fourth-order valence-corrected chi connectivity index (χ4v) is 7.85. The molecular weight excluding hydrogens is 569 g/mol. The van der Waals surface area contributed by atoms with Crippen LogP contribution in [0.2, 0.25) is 0 Å². The van der Waals surface area contributed by atoms with Gasteiger partial charge in [-0.2, -0.15) is 0 Å². The van der Waals surface area contributed by atoms with Gasteiger partial charge in [0.2, 0.25) is 0 Å². The molecule has 0 amide bonds. The van der Waals surface area contributed by atoms with Crippen molar-refractivity contribution >= 4 is 43.1 Å². The molecule has 0 saturated heterocycles. The Labute approximate surface area is 272 Å². The van der Waals surface area contributed by atoms with E-state index in [0.29, 0.717) is 0 Å². The van der Waals surface area contributed by atoms with Crippen LogP contribution >= 0.6 is 0 Å². The van der Waals surface area contributed by atoms with E-state index in [1.165, 1.54) is 82.0 Å². The van der Waals surface area contributed by atoms with E-state index in [0.717, 1.165) is 17.1 Å². The second-order valence-electron chi connectivity index (χ2n) is 12.4. The maximum absolute atomic E-state index is 6.47. The van der Waals surface area contributed by atoms with Crippen LogP contribution in [0, 0.1) is 0 Å². The topological polar surface area (TPSA) is 9.23 Å². The highest BCUT2D eigenvalue weighted by atomic mass is 16.5. The highest BCUT2D eigenvalue weighted by molar-refractivity contribution is 6.24. The van der Waals surface area contributed by atoms with Gasteiger partial charge in [-0.3, -0.25) is 0 Å². The molecule has 9 aromatic carbocycles. The second-order valence-corrected chi connectivity index (χ2v) is 12.4. The van der Waals surface area contributed by atoms with Crippen molar-refractivity contribution in [3.05, 3.63) is 170 Å². The number of ether oxygens (including phenoxy) is 1. The largest absolute Gasteiger partial charge is 0.456 e. The maximum Gasteiger partial charge on any atom is 0.135 e. The molecule has 1 aliphatic rings. The van der Waals surface area contributed by atoms with Gasteiger partial charge in [-0.05, 0) is 94.8 Å². The third-order valence-electron chi connectivity index (χ3n) is 9.85. The Morgan fingerprint density at radius 2 is 0.851 bits per heavy atom. The summed E-state index contributed by atoms with van der Waals surface area (Å²) in [6, 6.07) is 61.5. The zero-order chi connectivity index (χ0) is 30.9. The lowest BCUT2D eigenvalue weighted by atomic mass is 9.83. The average Bonchev–Trinajstić information content (AvgIpc) is 3.14. The number of hydrogen-bond donors (Lipinski definition) is 0. The highest BCUT2D eigenvalue weighted by Gasteiger charge is 2.23. The molecule has 0 aromatic heterocycles. The van der Waals surface area contributed by atoms with Gasteiger partial charge in [0.15, 0.2) is 0 Å². The summed E-state index contributed by atoms with van der Waals surface area (Å²) < 4.78 is 6.47. The van der Waals surface area contributed by atoms with Crippen molar-refractivity contribution in [2.24, 2.45) is 0 Å². The van der Waals surface area contributed by atoms with Crippen LogP contribution in [-0.4, -0.2) is 0 Å². The molecule has 0 radical (unpaired) electrons. The maximum atomic E-state index is 6.47. The quantitative estimate of drug-likeness (QED) is 0.184. The van der Waals surface area contributed by atoms with Crippen molar-refractivity contribution in [2.75, 3.05) is 0 Å². The number of rotatable bonds is 3. The molecule has 0 saturated carbocycles. The predicted molar refractivity (Wildman–Crippen MR) is 198 cm³/mol. The van der Waals surface area contributed by atoms with E-state index in [4.69, 9.17) is 4.74 Å². The fraction of sp³-hybridized carbons (Fsp3) is 0. The molecule has 0 fully saturated rings. The number of fused-ring (bicyclic) bond motifs is 5. The first-order valence-corrected chi connectivity index (χ1v) is 16.2. The Hall–Kier alpha value is -6.18. The van der Waals surface area contributed by atoms with Crippen LogP contribution in [0.1, 0.15) is 0 Å². The number of hydrogen-bond acceptors (Lipinski definition) is 1. The molecule has 218 valence electrons. The summed E-state index contributed by atoms with van der Waals surface area (Å²) >= 11 is 0. The molecule has 0 spiro atoms. The van der Waals surface area contributed by atoms with Crippen molar-refractivity contribution in [2.45, 2.75) is 0 Å². The molecule has 1 heterocycles. The molecule has 1 aliphatic heterocycles. The van der Waals surface area contributed by atoms with Crippen molar-refractivity contribution in [1.82, 2.24) is 0 Å². The third kappa shape index (κ3) is 3.90. The average molecular weight is 597 g/mol. The zero-order valence-corrected chi connectivity index (χ0v) is 25.6. The van der Waals surface area contributed by atoms with Gasteiger partial charge >= 0.3 is 0 Å². The summed E-state index contributed by atoms with van der Waals surface area (Å²) in [5.74, 6) is 1.82. The summed E-state index contributed by atoms with van der Waals surface area (Å²) in [4.78, 5) is 0. The Morgan fingerprint density at radius 1 is 0.298 bits per heavy atom. The van der Waals surface area contributed by atoms with Gasteiger partial charge in [0.1, 0.15) is 11.5 Å². The molecule has 1 heteroatoms. The molecule has 1 nitrogen and oxygen atoms in total. The van der Waals surface area contributed by atoms with Gasteiger partial charge < -0.3 is 4.74 Å². The normalized spacial score (nSPS) is 12.0. The molecule has 9 aromatic rings.